The largest absolute Gasteiger partial charge is 0.474 e. The Kier molecular flexibility index (Phi) is 2.52. The quantitative estimate of drug-likeness (QED) is 0.830. The van der Waals surface area contributed by atoms with Crippen molar-refractivity contribution in [1.29, 1.82) is 0 Å². The van der Waals surface area contributed by atoms with E-state index in [1.54, 1.807) is 0 Å². The van der Waals surface area contributed by atoms with E-state index in [9.17, 15) is 4.79 Å². The third-order valence-electron chi connectivity index (χ3n) is 2.98. The van der Waals surface area contributed by atoms with Gasteiger partial charge in [-0.2, -0.15) is 0 Å². The molecule has 0 radical (unpaired) electrons. The van der Waals surface area contributed by atoms with Crippen molar-refractivity contribution >= 4 is 11.6 Å². The molecular weight excluding hydrogens is 226 g/mol. The summed E-state index contributed by atoms with van der Waals surface area (Å²) in [4.78, 5) is 12.0. The van der Waals surface area contributed by atoms with Crippen molar-refractivity contribution in [2.45, 2.75) is 13.0 Å². The summed E-state index contributed by atoms with van der Waals surface area (Å²) in [6, 6.07) is 15.3. The molecule has 2 aromatic rings. The van der Waals surface area contributed by atoms with E-state index in [2.05, 4.69) is 5.32 Å². The number of carbonyl (C=O) groups is 1. The zero-order valence-electron chi connectivity index (χ0n) is 10.0. The van der Waals surface area contributed by atoms with Crippen LogP contribution >= 0.6 is 0 Å². The van der Waals surface area contributed by atoms with Gasteiger partial charge in [0.1, 0.15) is 5.75 Å². The van der Waals surface area contributed by atoms with Crippen LogP contribution in [-0.4, -0.2) is 5.91 Å². The number of amides is 1. The summed E-state index contributed by atoms with van der Waals surface area (Å²) in [5.41, 5.74) is 2.71. The number of anilines is 1. The molecule has 1 N–H and O–H groups in total. The fourth-order valence-corrected chi connectivity index (χ4v) is 2.06. The van der Waals surface area contributed by atoms with E-state index in [0.29, 0.717) is 0 Å². The average Bonchev–Trinajstić information content (AvgIpc) is 2.39. The van der Waals surface area contributed by atoms with Crippen molar-refractivity contribution in [2.75, 3.05) is 5.32 Å². The van der Waals surface area contributed by atoms with Crippen LogP contribution in [-0.2, 0) is 4.79 Å². The molecule has 0 aliphatic carbocycles. The maximum absolute atomic E-state index is 12.0. The number of nitrogens with one attached hydrogen (secondary N) is 1. The molecule has 3 nitrogen and oxygen atoms in total. The summed E-state index contributed by atoms with van der Waals surface area (Å²) in [5, 5.41) is 2.87. The Morgan fingerprint density at radius 2 is 1.89 bits per heavy atom. The van der Waals surface area contributed by atoms with Gasteiger partial charge in [0.25, 0.3) is 5.91 Å². The van der Waals surface area contributed by atoms with Crippen molar-refractivity contribution in [1.82, 2.24) is 0 Å². The van der Waals surface area contributed by atoms with E-state index in [0.717, 1.165) is 22.6 Å². The highest BCUT2D eigenvalue weighted by Gasteiger charge is 2.28. The second-order valence-electron chi connectivity index (χ2n) is 4.40. The van der Waals surface area contributed by atoms with Crippen LogP contribution in [0.1, 0.15) is 17.2 Å². The molecule has 0 bridgehead atoms. The normalized spacial score (nSPS) is 17.6. The molecule has 3 heteroatoms. The van der Waals surface area contributed by atoms with Gasteiger partial charge in [-0.05, 0) is 24.6 Å². The summed E-state index contributed by atoms with van der Waals surface area (Å²) in [7, 11) is 0. The van der Waals surface area contributed by atoms with Gasteiger partial charge < -0.3 is 10.1 Å². The smallest absolute Gasteiger partial charge is 0.270 e. The van der Waals surface area contributed by atoms with Crippen LogP contribution in [0.25, 0.3) is 0 Å². The van der Waals surface area contributed by atoms with E-state index in [1.165, 1.54) is 0 Å². The van der Waals surface area contributed by atoms with Crippen LogP contribution < -0.4 is 10.1 Å². The zero-order chi connectivity index (χ0) is 12.5. The Bertz CT molecular complexity index is 593. The van der Waals surface area contributed by atoms with Crippen LogP contribution in [0, 0.1) is 6.92 Å². The van der Waals surface area contributed by atoms with Crippen molar-refractivity contribution in [2.24, 2.45) is 0 Å². The number of ether oxygens (including phenoxy) is 1. The van der Waals surface area contributed by atoms with Crippen molar-refractivity contribution in [3.63, 3.8) is 0 Å². The number of rotatable bonds is 1. The Balaban J connectivity index is 1.99. The van der Waals surface area contributed by atoms with Crippen LogP contribution in [0.2, 0.25) is 0 Å². The van der Waals surface area contributed by atoms with Gasteiger partial charge in [-0.3, -0.25) is 4.79 Å². The molecular formula is C15H13NO2. The van der Waals surface area contributed by atoms with Gasteiger partial charge >= 0.3 is 0 Å². The number of hydrogen-bond acceptors (Lipinski definition) is 2. The molecule has 3 rings (SSSR count). The zero-order valence-corrected chi connectivity index (χ0v) is 10.0. The van der Waals surface area contributed by atoms with Crippen LogP contribution in [0.4, 0.5) is 5.69 Å². The Hall–Kier alpha value is -2.29. The summed E-state index contributed by atoms with van der Waals surface area (Å²) < 4.78 is 5.80. The molecule has 0 unspecified atom stereocenters. The van der Waals surface area contributed by atoms with Gasteiger partial charge in [-0.1, -0.05) is 36.4 Å². The Labute approximate surface area is 105 Å². The van der Waals surface area contributed by atoms with Crippen LogP contribution in [0.3, 0.4) is 0 Å². The third-order valence-corrected chi connectivity index (χ3v) is 2.98. The lowest BCUT2D eigenvalue weighted by molar-refractivity contribution is -0.123. The first-order valence-electron chi connectivity index (χ1n) is 5.87. The molecule has 1 amide bonds. The van der Waals surface area contributed by atoms with Crippen molar-refractivity contribution in [3.05, 3.63) is 59.7 Å². The van der Waals surface area contributed by atoms with Crippen molar-refractivity contribution in [3.8, 4) is 5.75 Å². The summed E-state index contributed by atoms with van der Waals surface area (Å²) >= 11 is 0. The van der Waals surface area contributed by atoms with Crippen LogP contribution in [0.5, 0.6) is 5.75 Å². The lowest BCUT2D eigenvalue weighted by atomic mass is 10.1. The molecule has 0 saturated heterocycles. The molecule has 0 aromatic heterocycles. The molecule has 1 atom stereocenters. The number of hydrogen-bond donors (Lipinski definition) is 1. The molecule has 1 heterocycles. The average molecular weight is 239 g/mol. The monoisotopic (exact) mass is 239 g/mol. The van der Waals surface area contributed by atoms with E-state index in [1.807, 2.05) is 55.5 Å². The highest BCUT2D eigenvalue weighted by Crippen LogP contribution is 2.35. The number of benzene rings is 2. The number of fused-ring (bicyclic) bond motifs is 1. The van der Waals surface area contributed by atoms with Crippen LogP contribution in [0.15, 0.2) is 48.5 Å². The number of carbonyl (C=O) groups excluding carboxylic acids is 1. The van der Waals surface area contributed by atoms with Gasteiger partial charge in [-0.25, -0.2) is 0 Å². The molecule has 18 heavy (non-hydrogen) atoms. The first-order valence-corrected chi connectivity index (χ1v) is 5.87. The minimum Gasteiger partial charge on any atom is -0.474 e. The molecule has 90 valence electrons. The molecule has 1 aliphatic heterocycles. The Morgan fingerprint density at radius 3 is 2.67 bits per heavy atom. The van der Waals surface area contributed by atoms with Gasteiger partial charge in [0.05, 0.1) is 5.69 Å². The lowest BCUT2D eigenvalue weighted by Gasteiger charge is -2.26. The fourth-order valence-electron chi connectivity index (χ4n) is 2.06. The van der Waals surface area contributed by atoms with E-state index in [-0.39, 0.29) is 5.91 Å². The fraction of sp³-hybridized carbons (Fsp3) is 0.133. The second-order valence-corrected chi connectivity index (χ2v) is 4.40. The summed E-state index contributed by atoms with van der Waals surface area (Å²) in [6.45, 7) is 2.00. The summed E-state index contributed by atoms with van der Waals surface area (Å²) in [6.07, 6.45) is -0.569. The molecule has 0 saturated carbocycles. The van der Waals surface area contributed by atoms with Gasteiger partial charge in [0.15, 0.2) is 0 Å². The first-order chi connectivity index (χ1) is 8.74. The summed E-state index contributed by atoms with van der Waals surface area (Å²) in [5.74, 6) is 0.598. The SMILES string of the molecule is Cc1ccc2c(c1)O[C@H](c1ccccc1)C(=O)N2. The standard InChI is InChI=1S/C15H13NO2/c1-10-7-8-12-13(9-10)18-14(15(17)16-12)11-5-3-2-4-6-11/h2-9,14H,1H3,(H,16,17)/t14-/m1/s1. The lowest BCUT2D eigenvalue weighted by Crippen LogP contribution is -2.30. The highest BCUT2D eigenvalue weighted by atomic mass is 16.5. The maximum atomic E-state index is 12.0. The van der Waals surface area contributed by atoms with Gasteiger partial charge in [0.2, 0.25) is 6.10 Å². The molecule has 1 aliphatic rings. The van der Waals surface area contributed by atoms with E-state index >= 15 is 0 Å². The predicted molar refractivity (Wildman–Crippen MR) is 69.6 cm³/mol. The van der Waals surface area contributed by atoms with E-state index in [4.69, 9.17) is 4.74 Å². The van der Waals surface area contributed by atoms with Crippen molar-refractivity contribution < 1.29 is 9.53 Å². The number of aryl methyl sites for hydroxylation is 1. The molecule has 0 fully saturated rings. The van der Waals surface area contributed by atoms with Gasteiger partial charge in [-0.15, -0.1) is 0 Å². The predicted octanol–water partition coefficient (Wildman–Crippen LogP) is 3.07. The second kappa shape index (κ2) is 4.18. The molecule has 0 spiro atoms. The van der Waals surface area contributed by atoms with Gasteiger partial charge in [0, 0.05) is 5.56 Å². The third kappa shape index (κ3) is 1.84. The highest BCUT2D eigenvalue weighted by molar-refractivity contribution is 5.98. The first kappa shape index (κ1) is 10.8. The van der Waals surface area contributed by atoms with E-state index < -0.39 is 6.10 Å². The topological polar surface area (TPSA) is 38.3 Å². The minimum atomic E-state index is -0.569. The maximum Gasteiger partial charge on any atom is 0.270 e. The Morgan fingerprint density at radius 1 is 1.11 bits per heavy atom. The minimum absolute atomic E-state index is 0.127. The molecule has 2 aromatic carbocycles.